The Bertz CT molecular complexity index is 1240. The van der Waals surface area contributed by atoms with Crippen LogP contribution in [0.2, 0.25) is 30.7 Å². The molecule has 0 aliphatic carbocycles. The van der Waals surface area contributed by atoms with Crippen LogP contribution in [-0.4, -0.2) is 60.2 Å². The van der Waals surface area contributed by atoms with E-state index in [1.165, 1.54) is 0 Å². The molecule has 2 heterocycles. The number of likely N-dealkylation sites (tertiary alicyclic amines) is 1. The van der Waals surface area contributed by atoms with E-state index in [0.717, 1.165) is 28.1 Å². The van der Waals surface area contributed by atoms with Gasteiger partial charge in [0.25, 0.3) is 5.91 Å². The standard InChI is InChI=1S/C29H42BrClN4O5Si/c1-29(2,3)40-28(38)33-16-20-9-10-23(31)14-21(20)17-32-26(36)24-8-7-11-35(24)27(37)25-15-22(30)18-34(25)19-39-12-13-41(4,5)6/h9-10,14-15,18,24H,7-8,11-13,16-17,19H2,1-6H3,(H,32,36)(H,33,38)/t24-/m0/s1. The first-order valence-electron chi connectivity index (χ1n) is 13.9. The predicted octanol–water partition coefficient (Wildman–Crippen LogP) is 6.16. The van der Waals surface area contributed by atoms with Gasteiger partial charge >= 0.3 is 6.09 Å². The first-order chi connectivity index (χ1) is 19.1. The number of carbonyl (C=O) groups is 3. The Morgan fingerprint density at radius 2 is 1.80 bits per heavy atom. The molecule has 0 unspecified atom stereocenters. The molecule has 0 spiro atoms. The quantitative estimate of drug-likeness (QED) is 0.220. The molecule has 1 fully saturated rings. The molecule has 1 aromatic heterocycles. The molecule has 0 radical (unpaired) electrons. The van der Waals surface area contributed by atoms with Crippen molar-refractivity contribution in [1.82, 2.24) is 20.1 Å². The summed E-state index contributed by atoms with van der Waals surface area (Å²) in [5.74, 6) is -0.433. The Morgan fingerprint density at radius 3 is 2.49 bits per heavy atom. The van der Waals surface area contributed by atoms with Gasteiger partial charge in [-0.25, -0.2) is 4.79 Å². The maximum atomic E-state index is 13.6. The zero-order valence-electron chi connectivity index (χ0n) is 24.8. The number of hydrogen-bond acceptors (Lipinski definition) is 5. The van der Waals surface area contributed by atoms with E-state index in [-0.39, 0.29) is 31.6 Å². The molecule has 1 aliphatic rings. The summed E-state index contributed by atoms with van der Waals surface area (Å²) in [6.07, 6.45) is 2.62. The number of nitrogens with one attached hydrogen (secondary N) is 2. The highest BCUT2D eigenvalue weighted by Crippen LogP contribution is 2.24. The van der Waals surface area contributed by atoms with Gasteiger partial charge in [-0.1, -0.05) is 37.3 Å². The van der Waals surface area contributed by atoms with E-state index in [4.69, 9.17) is 21.1 Å². The number of halogens is 2. The van der Waals surface area contributed by atoms with E-state index in [9.17, 15) is 14.4 Å². The maximum absolute atomic E-state index is 13.6. The van der Waals surface area contributed by atoms with E-state index < -0.39 is 25.8 Å². The molecule has 1 saturated heterocycles. The van der Waals surface area contributed by atoms with Crippen molar-refractivity contribution >= 4 is 53.5 Å². The fourth-order valence-electron chi connectivity index (χ4n) is 4.44. The monoisotopic (exact) mass is 668 g/mol. The van der Waals surface area contributed by atoms with Gasteiger partial charge in [0.05, 0.1) is 0 Å². The Hall–Kier alpha value is -2.34. The topological polar surface area (TPSA) is 102 Å². The van der Waals surface area contributed by atoms with E-state index >= 15 is 0 Å². The largest absolute Gasteiger partial charge is 0.444 e. The highest BCUT2D eigenvalue weighted by molar-refractivity contribution is 9.10. The number of hydrogen-bond donors (Lipinski definition) is 2. The van der Waals surface area contributed by atoms with Crippen LogP contribution in [0.4, 0.5) is 4.79 Å². The van der Waals surface area contributed by atoms with Gasteiger partial charge in [0.15, 0.2) is 0 Å². The molecule has 1 atom stereocenters. The summed E-state index contributed by atoms with van der Waals surface area (Å²) in [6.45, 7) is 14.1. The summed E-state index contributed by atoms with van der Waals surface area (Å²) in [5, 5.41) is 6.24. The van der Waals surface area contributed by atoms with Crippen molar-refractivity contribution in [3.8, 4) is 0 Å². The molecular formula is C29H42BrClN4O5Si. The average Bonchev–Trinajstić information content (AvgIpc) is 3.49. The SMILES string of the molecule is CC(C)(C)OC(=O)NCc1ccc(Cl)cc1CNC(=O)[C@@H]1CCCN1C(=O)c1cc(Br)cn1COCC[Si](C)(C)C. The molecule has 41 heavy (non-hydrogen) atoms. The molecular weight excluding hydrogens is 628 g/mol. The number of aromatic nitrogens is 1. The Balaban J connectivity index is 1.63. The highest BCUT2D eigenvalue weighted by atomic mass is 79.9. The third-order valence-corrected chi connectivity index (χ3v) is 8.94. The number of alkyl carbamates (subject to hydrolysis) is 1. The lowest BCUT2D eigenvalue weighted by molar-refractivity contribution is -0.125. The number of carbonyl (C=O) groups excluding carboxylic acids is 3. The zero-order chi connectivity index (χ0) is 30.4. The van der Waals surface area contributed by atoms with Gasteiger partial charge in [-0.15, -0.1) is 0 Å². The van der Waals surface area contributed by atoms with Crippen molar-refractivity contribution in [3.05, 3.63) is 56.8 Å². The molecule has 0 saturated carbocycles. The van der Waals surface area contributed by atoms with E-state index in [1.54, 1.807) is 48.4 Å². The predicted molar refractivity (Wildman–Crippen MR) is 167 cm³/mol. The summed E-state index contributed by atoms with van der Waals surface area (Å²) >= 11 is 9.71. The van der Waals surface area contributed by atoms with Crippen molar-refractivity contribution in [3.63, 3.8) is 0 Å². The molecule has 9 nitrogen and oxygen atoms in total. The number of benzene rings is 1. The van der Waals surface area contributed by atoms with Gasteiger partial charge in [0.1, 0.15) is 24.1 Å². The van der Waals surface area contributed by atoms with Gasteiger partial charge in [0, 0.05) is 50.0 Å². The highest BCUT2D eigenvalue weighted by Gasteiger charge is 2.35. The molecule has 2 N–H and O–H groups in total. The first-order valence-corrected chi connectivity index (χ1v) is 18.8. The van der Waals surface area contributed by atoms with Crippen LogP contribution >= 0.6 is 27.5 Å². The number of rotatable bonds is 11. The van der Waals surface area contributed by atoms with E-state index in [2.05, 4.69) is 46.2 Å². The molecule has 12 heteroatoms. The smallest absolute Gasteiger partial charge is 0.407 e. The van der Waals surface area contributed by atoms with Gasteiger partial charge in [-0.2, -0.15) is 0 Å². The molecule has 1 aliphatic heterocycles. The minimum absolute atomic E-state index is 0.202. The van der Waals surface area contributed by atoms with Gasteiger partial charge in [-0.05, 0) is 84.9 Å². The third-order valence-electron chi connectivity index (χ3n) is 6.57. The van der Waals surface area contributed by atoms with Crippen LogP contribution in [0.15, 0.2) is 34.9 Å². The van der Waals surface area contributed by atoms with Crippen LogP contribution in [0.5, 0.6) is 0 Å². The molecule has 3 rings (SSSR count). The lowest BCUT2D eigenvalue weighted by atomic mass is 10.1. The minimum Gasteiger partial charge on any atom is -0.444 e. The van der Waals surface area contributed by atoms with Crippen molar-refractivity contribution in [1.29, 1.82) is 0 Å². The average molecular weight is 670 g/mol. The maximum Gasteiger partial charge on any atom is 0.407 e. The van der Waals surface area contributed by atoms with Gasteiger partial charge < -0.3 is 29.6 Å². The summed E-state index contributed by atoms with van der Waals surface area (Å²) in [6, 6.07) is 7.53. The summed E-state index contributed by atoms with van der Waals surface area (Å²) in [7, 11) is -1.22. The van der Waals surface area contributed by atoms with E-state index in [1.807, 2.05) is 12.3 Å². The molecule has 2 aromatic rings. The molecule has 226 valence electrons. The van der Waals surface area contributed by atoms with Crippen LogP contribution in [0.1, 0.15) is 55.2 Å². The van der Waals surface area contributed by atoms with Crippen LogP contribution < -0.4 is 10.6 Å². The first kappa shape index (κ1) is 33.2. The molecule has 3 amide bonds. The second-order valence-corrected chi connectivity index (χ2v) is 19.5. The normalized spacial score (nSPS) is 15.6. The van der Waals surface area contributed by atoms with Crippen molar-refractivity contribution < 1.29 is 23.9 Å². The van der Waals surface area contributed by atoms with Gasteiger partial charge in [0.2, 0.25) is 5.91 Å². The van der Waals surface area contributed by atoms with Crippen LogP contribution in [0.3, 0.4) is 0 Å². The zero-order valence-corrected chi connectivity index (χ0v) is 28.2. The van der Waals surface area contributed by atoms with Crippen molar-refractivity contribution in [2.24, 2.45) is 0 Å². The summed E-state index contributed by atoms with van der Waals surface area (Å²) < 4.78 is 13.8. The van der Waals surface area contributed by atoms with Crippen molar-refractivity contribution in [2.45, 2.75) is 90.8 Å². The lowest BCUT2D eigenvalue weighted by Gasteiger charge is -2.25. The van der Waals surface area contributed by atoms with Gasteiger partial charge in [-0.3, -0.25) is 9.59 Å². The molecule has 0 bridgehead atoms. The second-order valence-electron chi connectivity index (χ2n) is 12.5. The number of ether oxygens (including phenoxy) is 2. The fourth-order valence-corrected chi connectivity index (χ4v) is 5.86. The molecule has 1 aromatic carbocycles. The van der Waals surface area contributed by atoms with Crippen molar-refractivity contribution in [2.75, 3.05) is 13.2 Å². The lowest BCUT2D eigenvalue weighted by Crippen LogP contribution is -2.46. The Kier molecular flexibility index (Phi) is 11.5. The number of amides is 3. The van der Waals surface area contributed by atoms with Crippen LogP contribution in [0, 0.1) is 0 Å². The number of nitrogens with zero attached hydrogens (tertiary/aromatic N) is 2. The van der Waals surface area contributed by atoms with Crippen LogP contribution in [-0.2, 0) is 34.1 Å². The fraction of sp³-hybridized carbons (Fsp3) is 0.552. The second kappa shape index (κ2) is 14.2. The Labute approximate surface area is 257 Å². The Morgan fingerprint density at radius 1 is 1.10 bits per heavy atom. The minimum atomic E-state index is -1.22. The van der Waals surface area contributed by atoms with Crippen LogP contribution in [0.25, 0.3) is 0 Å². The van der Waals surface area contributed by atoms with E-state index in [0.29, 0.717) is 30.3 Å². The third kappa shape index (κ3) is 10.5. The summed E-state index contributed by atoms with van der Waals surface area (Å²) in [5.41, 5.74) is 1.45. The summed E-state index contributed by atoms with van der Waals surface area (Å²) in [4.78, 5) is 40.7.